The van der Waals surface area contributed by atoms with Crippen molar-refractivity contribution in [3.05, 3.63) is 22.7 Å². The Labute approximate surface area is 136 Å². The molecule has 122 valence electrons. The molecule has 1 aromatic rings. The molecule has 1 N–H and O–H groups in total. The second kappa shape index (κ2) is 8.25. The highest BCUT2D eigenvalue weighted by Crippen LogP contribution is 2.35. The van der Waals surface area contributed by atoms with Crippen LogP contribution in [0, 0.1) is 0 Å². The molecule has 1 aliphatic heterocycles. The van der Waals surface area contributed by atoms with Crippen LogP contribution in [0.5, 0.6) is 11.5 Å². The van der Waals surface area contributed by atoms with Crippen LogP contribution in [0.15, 0.2) is 12.1 Å². The molecular formula is C16H23ClN2O3. The van der Waals surface area contributed by atoms with Crippen LogP contribution in [-0.2, 0) is 0 Å². The molecule has 1 heterocycles. The van der Waals surface area contributed by atoms with Crippen molar-refractivity contribution in [3.8, 4) is 11.5 Å². The summed E-state index contributed by atoms with van der Waals surface area (Å²) in [5.41, 5.74) is 0.476. The van der Waals surface area contributed by atoms with Crippen molar-refractivity contribution in [1.29, 1.82) is 0 Å². The lowest BCUT2D eigenvalue weighted by Gasteiger charge is -2.15. The number of carbonyl (C=O) groups excluding carboxylic acids is 1. The molecule has 5 nitrogen and oxygen atoms in total. The molecule has 0 bridgehead atoms. The summed E-state index contributed by atoms with van der Waals surface area (Å²) in [5, 5.41) is 3.28. The van der Waals surface area contributed by atoms with E-state index in [1.807, 2.05) is 0 Å². The number of hydrogen-bond donors (Lipinski definition) is 1. The maximum atomic E-state index is 12.2. The number of amides is 1. The van der Waals surface area contributed by atoms with Crippen LogP contribution in [-0.4, -0.2) is 51.2 Å². The van der Waals surface area contributed by atoms with E-state index in [-0.39, 0.29) is 5.91 Å². The zero-order valence-corrected chi connectivity index (χ0v) is 13.9. The third-order valence-corrected chi connectivity index (χ3v) is 4.11. The number of nitrogens with one attached hydrogen (secondary N) is 1. The SMILES string of the molecule is COc1cc(C(=O)NCCCN2CCCC2)cc(Cl)c1OC. The topological polar surface area (TPSA) is 50.8 Å². The Hall–Kier alpha value is -1.46. The first-order valence-corrected chi connectivity index (χ1v) is 7.95. The molecule has 1 aliphatic rings. The number of likely N-dealkylation sites (tertiary alicyclic amines) is 1. The standard InChI is InChI=1S/C16H23ClN2O3/c1-21-14-11-12(10-13(17)15(14)22-2)16(20)18-6-5-9-19-7-3-4-8-19/h10-11H,3-9H2,1-2H3,(H,18,20). The highest BCUT2D eigenvalue weighted by molar-refractivity contribution is 6.32. The number of benzene rings is 1. The van der Waals surface area contributed by atoms with E-state index < -0.39 is 0 Å². The first-order valence-electron chi connectivity index (χ1n) is 7.57. The minimum atomic E-state index is -0.149. The molecule has 0 spiro atoms. The second-order valence-electron chi connectivity index (χ2n) is 5.35. The quantitative estimate of drug-likeness (QED) is 0.782. The van der Waals surface area contributed by atoms with Gasteiger partial charge >= 0.3 is 0 Å². The van der Waals surface area contributed by atoms with Crippen LogP contribution < -0.4 is 14.8 Å². The van der Waals surface area contributed by atoms with Gasteiger partial charge in [-0.2, -0.15) is 0 Å². The summed E-state index contributed by atoms with van der Waals surface area (Å²) in [6.07, 6.45) is 3.53. The van der Waals surface area contributed by atoms with Gasteiger partial charge in [0.2, 0.25) is 0 Å². The summed E-state index contributed by atoms with van der Waals surface area (Å²) in [5.74, 6) is 0.747. The van der Waals surface area contributed by atoms with Gasteiger partial charge in [-0.05, 0) is 51.0 Å². The van der Waals surface area contributed by atoms with Crippen LogP contribution in [0.2, 0.25) is 5.02 Å². The monoisotopic (exact) mass is 326 g/mol. The van der Waals surface area contributed by atoms with Crippen molar-refractivity contribution >= 4 is 17.5 Å². The minimum absolute atomic E-state index is 0.149. The second-order valence-corrected chi connectivity index (χ2v) is 5.76. The molecule has 0 aliphatic carbocycles. The number of methoxy groups -OCH3 is 2. The third-order valence-electron chi connectivity index (χ3n) is 3.83. The van der Waals surface area contributed by atoms with E-state index >= 15 is 0 Å². The van der Waals surface area contributed by atoms with Gasteiger partial charge in [0.15, 0.2) is 11.5 Å². The lowest BCUT2D eigenvalue weighted by Crippen LogP contribution is -2.28. The lowest BCUT2D eigenvalue weighted by atomic mass is 10.2. The van der Waals surface area contributed by atoms with Gasteiger partial charge in [-0.15, -0.1) is 0 Å². The Morgan fingerprint density at radius 2 is 2.00 bits per heavy atom. The van der Waals surface area contributed by atoms with Crippen LogP contribution in [0.3, 0.4) is 0 Å². The normalized spacial score (nSPS) is 14.9. The molecule has 1 aromatic carbocycles. The van der Waals surface area contributed by atoms with E-state index in [0.717, 1.165) is 13.0 Å². The predicted molar refractivity (Wildman–Crippen MR) is 87.2 cm³/mol. The first-order chi connectivity index (χ1) is 10.7. The predicted octanol–water partition coefficient (Wildman–Crippen LogP) is 2.57. The molecule has 0 aromatic heterocycles. The maximum Gasteiger partial charge on any atom is 0.251 e. The molecule has 6 heteroatoms. The van der Waals surface area contributed by atoms with Crippen molar-refractivity contribution in [1.82, 2.24) is 10.2 Å². The number of ether oxygens (including phenoxy) is 2. The van der Waals surface area contributed by atoms with Crippen LogP contribution in [0.25, 0.3) is 0 Å². The summed E-state index contributed by atoms with van der Waals surface area (Å²) in [6, 6.07) is 3.24. The molecule has 1 amide bonds. The highest BCUT2D eigenvalue weighted by atomic mass is 35.5. The molecule has 0 atom stereocenters. The van der Waals surface area contributed by atoms with Gasteiger partial charge in [0.25, 0.3) is 5.91 Å². The molecule has 22 heavy (non-hydrogen) atoms. The number of hydrogen-bond acceptors (Lipinski definition) is 4. The summed E-state index contributed by atoms with van der Waals surface area (Å²) >= 11 is 6.11. The van der Waals surface area contributed by atoms with Gasteiger partial charge in [0.1, 0.15) is 0 Å². The molecule has 0 unspecified atom stereocenters. The van der Waals surface area contributed by atoms with E-state index in [9.17, 15) is 4.79 Å². The van der Waals surface area contributed by atoms with Crippen molar-refractivity contribution in [2.24, 2.45) is 0 Å². The summed E-state index contributed by atoms with van der Waals surface area (Å²) in [7, 11) is 3.04. The zero-order valence-electron chi connectivity index (χ0n) is 13.2. The lowest BCUT2D eigenvalue weighted by molar-refractivity contribution is 0.0951. The van der Waals surface area contributed by atoms with Gasteiger partial charge < -0.3 is 19.7 Å². The maximum absolute atomic E-state index is 12.2. The molecular weight excluding hydrogens is 304 g/mol. The summed E-state index contributed by atoms with van der Waals surface area (Å²) < 4.78 is 10.4. The van der Waals surface area contributed by atoms with Crippen LogP contribution >= 0.6 is 11.6 Å². The van der Waals surface area contributed by atoms with Crippen molar-refractivity contribution < 1.29 is 14.3 Å². The van der Waals surface area contributed by atoms with E-state index in [1.54, 1.807) is 12.1 Å². The molecule has 0 radical (unpaired) electrons. The third kappa shape index (κ3) is 4.27. The van der Waals surface area contributed by atoms with Crippen LogP contribution in [0.1, 0.15) is 29.6 Å². The fourth-order valence-corrected chi connectivity index (χ4v) is 2.95. The van der Waals surface area contributed by atoms with Gasteiger partial charge in [-0.25, -0.2) is 0 Å². The number of rotatable bonds is 7. The summed E-state index contributed by atoms with van der Waals surface area (Å²) in [6.45, 7) is 4.05. The molecule has 1 fully saturated rings. The van der Waals surface area contributed by atoms with Crippen molar-refractivity contribution in [2.75, 3.05) is 40.4 Å². The van der Waals surface area contributed by atoms with E-state index in [2.05, 4.69) is 10.2 Å². The summed E-state index contributed by atoms with van der Waals surface area (Å²) in [4.78, 5) is 14.6. The Morgan fingerprint density at radius 3 is 2.64 bits per heavy atom. The number of nitrogens with zero attached hydrogens (tertiary/aromatic N) is 1. The number of halogens is 1. The average Bonchev–Trinajstić information content (AvgIpc) is 3.03. The largest absolute Gasteiger partial charge is 0.493 e. The average molecular weight is 327 g/mol. The van der Waals surface area contributed by atoms with Gasteiger partial charge in [-0.1, -0.05) is 11.6 Å². The van der Waals surface area contributed by atoms with Crippen molar-refractivity contribution in [2.45, 2.75) is 19.3 Å². The van der Waals surface area contributed by atoms with E-state index in [0.29, 0.717) is 28.6 Å². The highest BCUT2D eigenvalue weighted by Gasteiger charge is 2.15. The zero-order chi connectivity index (χ0) is 15.9. The Balaban J connectivity index is 1.87. The minimum Gasteiger partial charge on any atom is -0.493 e. The fraction of sp³-hybridized carbons (Fsp3) is 0.562. The van der Waals surface area contributed by atoms with Crippen molar-refractivity contribution in [3.63, 3.8) is 0 Å². The fourth-order valence-electron chi connectivity index (χ4n) is 2.66. The first kappa shape index (κ1) is 16.9. The smallest absolute Gasteiger partial charge is 0.251 e. The van der Waals surface area contributed by atoms with Gasteiger partial charge in [0.05, 0.1) is 19.2 Å². The molecule has 0 saturated carbocycles. The molecule has 1 saturated heterocycles. The van der Waals surface area contributed by atoms with Gasteiger partial charge in [0, 0.05) is 12.1 Å². The van der Waals surface area contributed by atoms with E-state index in [4.69, 9.17) is 21.1 Å². The molecule has 2 rings (SSSR count). The van der Waals surface area contributed by atoms with Gasteiger partial charge in [-0.3, -0.25) is 4.79 Å². The Morgan fingerprint density at radius 1 is 1.27 bits per heavy atom. The van der Waals surface area contributed by atoms with Crippen LogP contribution in [0.4, 0.5) is 0 Å². The number of carbonyl (C=O) groups is 1. The Kier molecular flexibility index (Phi) is 6.34. The van der Waals surface area contributed by atoms with E-state index in [1.165, 1.54) is 40.2 Å². The Bertz CT molecular complexity index is 516.